The number of hydrogen-bond acceptors (Lipinski definition) is 6. The van der Waals surface area contributed by atoms with Crippen LogP contribution in [0.25, 0.3) is 0 Å². The monoisotopic (exact) mass is 500 g/mol. The SMILES string of the molecule is CCC[CH2][Sn]([CH2]CCC)([S]CCOC(=O)CC)[S]CCOC(=O)CC. The Balaban J connectivity index is 4.60. The van der Waals surface area contributed by atoms with Gasteiger partial charge < -0.3 is 0 Å². The molecule has 0 aromatic heterocycles. The van der Waals surface area contributed by atoms with E-state index in [9.17, 15) is 9.59 Å². The molecular weight excluding hydrogens is 463 g/mol. The predicted molar refractivity (Wildman–Crippen MR) is 113 cm³/mol. The summed E-state index contributed by atoms with van der Waals surface area (Å²) in [4.78, 5) is 22.6. The van der Waals surface area contributed by atoms with Crippen LogP contribution in [0, 0.1) is 0 Å². The molecule has 7 heteroatoms. The van der Waals surface area contributed by atoms with Gasteiger partial charge in [-0.15, -0.1) is 0 Å². The van der Waals surface area contributed by atoms with Gasteiger partial charge in [-0.2, -0.15) is 0 Å². The van der Waals surface area contributed by atoms with E-state index in [0.29, 0.717) is 26.1 Å². The van der Waals surface area contributed by atoms with Gasteiger partial charge in [-0.25, -0.2) is 0 Å². The van der Waals surface area contributed by atoms with Crippen LogP contribution < -0.4 is 0 Å². The van der Waals surface area contributed by atoms with E-state index in [-0.39, 0.29) is 11.9 Å². The number of carbonyl (C=O) groups excluding carboxylic acids is 2. The first-order valence-electron chi connectivity index (χ1n) is 9.62. The van der Waals surface area contributed by atoms with Crippen molar-refractivity contribution in [1.29, 1.82) is 0 Å². The second kappa shape index (κ2) is 16.6. The van der Waals surface area contributed by atoms with Crippen LogP contribution in [0.1, 0.15) is 66.2 Å². The minimum atomic E-state index is -2.41. The Kier molecular flexibility index (Phi) is 16.9. The summed E-state index contributed by atoms with van der Waals surface area (Å²) in [5.41, 5.74) is 0. The topological polar surface area (TPSA) is 52.6 Å². The van der Waals surface area contributed by atoms with Gasteiger partial charge in [0.1, 0.15) is 0 Å². The maximum atomic E-state index is 11.3. The summed E-state index contributed by atoms with van der Waals surface area (Å²) in [5.74, 6) is 1.61. The molecule has 0 fully saturated rings. The molecule has 0 heterocycles. The molecule has 25 heavy (non-hydrogen) atoms. The average Bonchev–Trinajstić information content (AvgIpc) is 2.64. The third-order valence-electron chi connectivity index (χ3n) is 3.82. The van der Waals surface area contributed by atoms with Crippen molar-refractivity contribution in [2.75, 3.05) is 24.7 Å². The van der Waals surface area contributed by atoms with E-state index in [0.717, 1.165) is 11.5 Å². The first-order valence-corrected chi connectivity index (χ1v) is 22.6. The van der Waals surface area contributed by atoms with Crippen LogP contribution in [0.15, 0.2) is 0 Å². The molecule has 0 saturated heterocycles. The van der Waals surface area contributed by atoms with E-state index in [1.165, 1.54) is 34.6 Å². The van der Waals surface area contributed by atoms with E-state index in [2.05, 4.69) is 31.7 Å². The first-order chi connectivity index (χ1) is 12.0. The summed E-state index contributed by atoms with van der Waals surface area (Å²) in [6.07, 6.45) is 5.90. The van der Waals surface area contributed by atoms with E-state index >= 15 is 0 Å². The molecule has 4 nitrogen and oxygen atoms in total. The summed E-state index contributed by atoms with van der Waals surface area (Å²) in [5, 5.41) is 0. The van der Waals surface area contributed by atoms with Crippen molar-refractivity contribution in [3.05, 3.63) is 0 Å². The van der Waals surface area contributed by atoms with E-state index in [1.807, 2.05) is 13.8 Å². The molecule has 0 aromatic rings. The molecular formula is C18H36O4S2Sn. The first kappa shape index (κ1) is 25.4. The van der Waals surface area contributed by atoms with Crippen LogP contribution >= 0.6 is 17.9 Å². The summed E-state index contributed by atoms with van der Waals surface area (Å²) in [6, 6.07) is 0. The molecule has 0 unspecified atom stereocenters. The summed E-state index contributed by atoms with van der Waals surface area (Å²) in [6.45, 7) is 9.21. The van der Waals surface area contributed by atoms with Gasteiger partial charge in [0.05, 0.1) is 0 Å². The number of carbonyl (C=O) groups is 2. The number of hydrogen-bond donors (Lipinski definition) is 0. The van der Waals surface area contributed by atoms with Crippen LogP contribution in [-0.4, -0.2) is 52.3 Å². The van der Waals surface area contributed by atoms with Crippen molar-refractivity contribution < 1.29 is 19.1 Å². The van der Waals surface area contributed by atoms with Gasteiger partial charge in [0.15, 0.2) is 0 Å². The Labute approximate surface area is 163 Å². The fraction of sp³-hybridized carbons (Fsp3) is 0.889. The van der Waals surface area contributed by atoms with Crippen molar-refractivity contribution in [3.8, 4) is 0 Å². The zero-order valence-corrected chi connectivity index (χ0v) is 20.9. The molecule has 0 atom stereocenters. The Morgan fingerprint density at radius 1 is 0.760 bits per heavy atom. The number of unbranched alkanes of at least 4 members (excludes halogenated alkanes) is 2. The van der Waals surface area contributed by atoms with Crippen LogP contribution in [0.3, 0.4) is 0 Å². The Hall–Kier alpha value is 0.439. The minimum absolute atomic E-state index is 0.109. The molecule has 0 aliphatic carbocycles. The van der Waals surface area contributed by atoms with E-state index < -0.39 is 15.6 Å². The van der Waals surface area contributed by atoms with Crippen LogP contribution in [-0.2, 0) is 19.1 Å². The Bertz CT molecular complexity index is 333. The molecule has 0 aromatic carbocycles. The van der Waals surface area contributed by atoms with Crippen molar-refractivity contribution in [3.63, 3.8) is 0 Å². The predicted octanol–water partition coefficient (Wildman–Crippen LogP) is 5.40. The van der Waals surface area contributed by atoms with Crippen molar-refractivity contribution in [2.24, 2.45) is 0 Å². The fourth-order valence-electron chi connectivity index (χ4n) is 2.32. The maximum absolute atomic E-state index is 11.3. The number of rotatable bonds is 16. The molecule has 0 N–H and O–H groups in total. The summed E-state index contributed by atoms with van der Waals surface area (Å²) >= 11 is -2.41. The van der Waals surface area contributed by atoms with Crippen molar-refractivity contribution in [1.82, 2.24) is 0 Å². The third-order valence-corrected chi connectivity index (χ3v) is 34.7. The van der Waals surface area contributed by atoms with Crippen LogP contribution in [0.5, 0.6) is 0 Å². The van der Waals surface area contributed by atoms with Gasteiger partial charge in [-0.3, -0.25) is 0 Å². The van der Waals surface area contributed by atoms with Gasteiger partial charge >= 0.3 is 164 Å². The van der Waals surface area contributed by atoms with Gasteiger partial charge in [-0.05, 0) is 0 Å². The molecule has 148 valence electrons. The normalized spacial score (nSPS) is 11.4. The average molecular weight is 499 g/mol. The van der Waals surface area contributed by atoms with Crippen LogP contribution in [0.2, 0.25) is 8.87 Å². The molecule has 0 amide bonds. The molecule has 0 saturated carbocycles. The Morgan fingerprint density at radius 2 is 1.16 bits per heavy atom. The quantitative estimate of drug-likeness (QED) is 0.161. The molecule has 0 bridgehead atoms. The van der Waals surface area contributed by atoms with Gasteiger partial charge in [0.2, 0.25) is 0 Å². The standard InChI is InChI=1S/2C5H10O2S.2C4H9.Sn/c2*1-2-5(6)7-3-4-8;2*1-3-4-2;/h2*8H,2-4H2,1H3;2*1,3-4H2,2H3;/q;;;;+2/p-2. The molecule has 0 rings (SSSR count). The molecule has 0 aliphatic rings. The molecule has 0 aliphatic heterocycles. The van der Waals surface area contributed by atoms with E-state index in [4.69, 9.17) is 9.47 Å². The number of esters is 2. The van der Waals surface area contributed by atoms with Gasteiger partial charge in [-0.1, -0.05) is 0 Å². The van der Waals surface area contributed by atoms with Crippen molar-refractivity contribution in [2.45, 2.75) is 75.1 Å². The second-order valence-electron chi connectivity index (χ2n) is 5.96. The zero-order chi connectivity index (χ0) is 19.0. The Morgan fingerprint density at radius 3 is 1.48 bits per heavy atom. The summed E-state index contributed by atoms with van der Waals surface area (Å²) in [7, 11) is 4.24. The second-order valence-corrected chi connectivity index (χ2v) is 32.6. The molecule has 0 spiro atoms. The van der Waals surface area contributed by atoms with Gasteiger partial charge in [0.25, 0.3) is 0 Å². The fourth-order valence-corrected chi connectivity index (χ4v) is 32.2. The third kappa shape index (κ3) is 13.3. The number of ether oxygens (including phenoxy) is 2. The van der Waals surface area contributed by atoms with Crippen molar-refractivity contribution >= 4 is 45.4 Å². The van der Waals surface area contributed by atoms with Crippen LogP contribution in [0.4, 0.5) is 0 Å². The van der Waals surface area contributed by atoms with E-state index in [1.54, 1.807) is 0 Å². The molecule has 0 radical (unpaired) electrons. The zero-order valence-electron chi connectivity index (χ0n) is 16.4. The summed E-state index contributed by atoms with van der Waals surface area (Å²) < 4.78 is 13.2. The van der Waals surface area contributed by atoms with Gasteiger partial charge in [0, 0.05) is 0 Å².